The van der Waals surface area contributed by atoms with Crippen molar-refractivity contribution >= 4 is 35.1 Å². The van der Waals surface area contributed by atoms with Crippen LogP contribution in [0, 0.1) is 23.7 Å². The Kier molecular flexibility index (Phi) is 15.1. The minimum Gasteiger partial charge on any atom is -0.458 e. The fourth-order valence-electron chi connectivity index (χ4n) is 11.0. The van der Waals surface area contributed by atoms with Gasteiger partial charge in [0.25, 0.3) is 5.91 Å². The number of hydrogen-bond acceptors (Lipinski definition) is 14. The van der Waals surface area contributed by atoms with Gasteiger partial charge in [0, 0.05) is 41.4 Å². The molecule has 2 aromatic rings. The number of cyclic esters (lactones) is 1. The van der Waals surface area contributed by atoms with Crippen molar-refractivity contribution in [2.45, 2.75) is 135 Å². The Morgan fingerprint density at radius 2 is 1.74 bits per heavy atom. The van der Waals surface area contributed by atoms with Gasteiger partial charge in [0.1, 0.15) is 17.9 Å². The number of likely N-dealkylation sites (N-methyl/N-ethyl adjacent to an activating group) is 1. The number of nitrogens with one attached hydrogen (secondary N) is 1. The Hall–Kier alpha value is -4.45. The number of ether oxygens (including phenoxy) is 6. The maximum atomic E-state index is 14.6. The van der Waals surface area contributed by atoms with Gasteiger partial charge in [-0.25, -0.2) is 4.79 Å². The van der Waals surface area contributed by atoms with Gasteiger partial charge in [0.2, 0.25) is 0 Å². The molecule has 0 aromatic heterocycles. The van der Waals surface area contributed by atoms with Crippen molar-refractivity contribution in [2.24, 2.45) is 33.8 Å². The monoisotopic (exact) mass is 903 g/mol. The van der Waals surface area contributed by atoms with Gasteiger partial charge in [-0.1, -0.05) is 81.4 Å². The van der Waals surface area contributed by atoms with Crippen LogP contribution in [0.25, 0.3) is 11.1 Å². The second-order valence-electron chi connectivity index (χ2n) is 19.3. The number of rotatable bonds is 9. The van der Waals surface area contributed by atoms with E-state index in [1.165, 1.54) is 0 Å². The summed E-state index contributed by atoms with van der Waals surface area (Å²) in [6.07, 6.45) is -3.84. The standard InChI is InChI=1S/C49H69N5O11/c1-11-38-49(8)43-30(4)40(50-21-22-54(43)47(58)65-49)28(2)24-48(7)44(64-46-41(56)37(53(9)10)23-29(3)62-46)31(5)42(32(6)45(57)63-38)59-25-34(26-60-48)52-61-27-39(55)51-36-20-16-15-19-35(36)33-17-13-12-14-18-33/h12-20,28-32,37-38,41-44,46,56H,11,21-27H2,1-10H3,(H,51,55)/t28-,29+,30+,31-,32-,37-,38+,41+,42+,43-,44+,46-,48-,49-/m1/s1. The topological polar surface area (TPSA) is 179 Å². The molecule has 5 aliphatic heterocycles. The number of fused-ring (bicyclic) bond motifs is 4. The zero-order valence-electron chi connectivity index (χ0n) is 39.6. The minimum atomic E-state index is -1.17. The molecule has 0 saturated carbocycles. The molecule has 5 aliphatic rings. The van der Waals surface area contributed by atoms with E-state index in [2.05, 4.69) is 24.3 Å². The first-order valence-corrected chi connectivity index (χ1v) is 23.2. The van der Waals surface area contributed by atoms with Crippen molar-refractivity contribution in [1.82, 2.24) is 9.80 Å². The van der Waals surface area contributed by atoms with E-state index in [0.717, 1.165) is 16.8 Å². The number of amides is 2. The normalized spacial score (nSPS) is 37.5. The number of aliphatic imine (C=N–C) groups is 1. The number of carbonyl (C=O) groups is 3. The molecule has 4 saturated heterocycles. The average Bonchev–Trinajstić information content (AvgIpc) is 3.42. The third kappa shape index (κ3) is 10.1. The lowest BCUT2D eigenvalue weighted by Crippen LogP contribution is -2.60. The summed E-state index contributed by atoms with van der Waals surface area (Å²) in [5.74, 6) is -2.91. The molecule has 16 nitrogen and oxygen atoms in total. The van der Waals surface area contributed by atoms with Crippen molar-refractivity contribution in [2.75, 3.05) is 52.3 Å². The van der Waals surface area contributed by atoms with Crippen LogP contribution in [0.2, 0.25) is 0 Å². The predicted octanol–water partition coefficient (Wildman–Crippen LogP) is 5.95. The van der Waals surface area contributed by atoms with Crippen LogP contribution in [0.5, 0.6) is 0 Å². The summed E-state index contributed by atoms with van der Waals surface area (Å²) in [6, 6.07) is 16.6. The smallest absolute Gasteiger partial charge is 0.410 e. The van der Waals surface area contributed by atoms with Gasteiger partial charge in [-0.2, -0.15) is 0 Å². The molecule has 0 aliphatic carbocycles. The van der Waals surface area contributed by atoms with Crippen LogP contribution >= 0.6 is 0 Å². The van der Waals surface area contributed by atoms with Crippen molar-refractivity contribution in [3.63, 3.8) is 0 Å². The highest BCUT2D eigenvalue weighted by molar-refractivity contribution is 5.96. The molecule has 0 unspecified atom stereocenters. The van der Waals surface area contributed by atoms with Crippen LogP contribution in [-0.4, -0.2) is 151 Å². The Bertz CT molecular complexity index is 2070. The highest BCUT2D eigenvalue weighted by Gasteiger charge is 2.60. The van der Waals surface area contributed by atoms with Gasteiger partial charge in [0.15, 0.2) is 18.5 Å². The molecule has 0 radical (unpaired) electrons. The van der Waals surface area contributed by atoms with Gasteiger partial charge in [-0.05, 0) is 78.6 Å². The van der Waals surface area contributed by atoms with E-state index in [4.69, 9.17) is 38.3 Å². The molecule has 0 spiro atoms. The molecule has 16 heteroatoms. The quantitative estimate of drug-likeness (QED) is 0.224. The number of oxime groups is 1. The third-order valence-electron chi connectivity index (χ3n) is 14.2. The summed E-state index contributed by atoms with van der Waals surface area (Å²) in [6.45, 7) is 15.7. The summed E-state index contributed by atoms with van der Waals surface area (Å²) in [4.78, 5) is 56.1. The van der Waals surface area contributed by atoms with Crippen molar-refractivity contribution in [3.05, 3.63) is 54.6 Å². The highest BCUT2D eigenvalue weighted by atomic mass is 16.7. The second kappa shape index (κ2) is 20.2. The molecule has 356 valence electrons. The van der Waals surface area contributed by atoms with Crippen LogP contribution in [0.3, 0.4) is 0 Å². The summed E-state index contributed by atoms with van der Waals surface area (Å²) in [7, 11) is 3.84. The number of nitrogens with zero attached hydrogens (tertiary/aromatic N) is 4. The van der Waals surface area contributed by atoms with E-state index in [0.29, 0.717) is 43.8 Å². The molecule has 2 N–H and O–H groups in total. The van der Waals surface area contributed by atoms with Gasteiger partial charge < -0.3 is 48.6 Å². The number of anilines is 1. The Morgan fingerprint density at radius 1 is 1.02 bits per heavy atom. The molecule has 4 fully saturated rings. The Labute approximate surface area is 383 Å². The molecule has 14 atom stereocenters. The van der Waals surface area contributed by atoms with Gasteiger partial charge >= 0.3 is 12.1 Å². The van der Waals surface area contributed by atoms with E-state index < -0.39 is 84.4 Å². The summed E-state index contributed by atoms with van der Waals surface area (Å²) < 4.78 is 39.8. The molecule has 4 bridgehead atoms. The fraction of sp³-hybridized carbons (Fsp3) is 0.653. The van der Waals surface area contributed by atoms with Crippen LogP contribution in [0.15, 0.2) is 64.7 Å². The molecule has 65 heavy (non-hydrogen) atoms. The Balaban J connectivity index is 1.24. The van der Waals surface area contributed by atoms with Crippen LogP contribution in [-0.2, 0) is 42.8 Å². The summed E-state index contributed by atoms with van der Waals surface area (Å²) in [5, 5.41) is 19.2. The first-order chi connectivity index (χ1) is 30.9. The van der Waals surface area contributed by atoms with Crippen LogP contribution in [0.1, 0.15) is 74.7 Å². The SMILES string of the molecule is CC[C@@H]1OC(=O)[C@H](C)[C@H]2OCC(=NOCC(=O)Nc3ccccc3-c3ccccc3)CO[C@](C)(C[C@@H](C)C3=NCCN4C(=O)O[C@@]1(C)[C@H]4[C@H]3C)[C@@H](O[C@H]1O[C@@H](C)C[C@@H](N(C)C)[C@@H]1O)[C@@H]2C. The number of hydrogen-bond donors (Lipinski definition) is 2. The number of aliphatic hydroxyl groups is 1. The lowest BCUT2D eigenvalue weighted by molar-refractivity contribution is -0.302. The Morgan fingerprint density at radius 3 is 2.46 bits per heavy atom. The highest BCUT2D eigenvalue weighted by Crippen LogP contribution is 2.45. The lowest BCUT2D eigenvalue weighted by Gasteiger charge is -2.48. The van der Waals surface area contributed by atoms with Gasteiger partial charge in [-0.15, -0.1) is 0 Å². The van der Waals surface area contributed by atoms with Crippen molar-refractivity contribution in [1.29, 1.82) is 0 Å². The third-order valence-corrected chi connectivity index (χ3v) is 14.2. The summed E-state index contributed by atoms with van der Waals surface area (Å²) in [5.41, 5.74) is 1.34. The second-order valence-corrected chi connectivity index (χ2v) is 19.3. The van der Waals surface area contributed by atoms with Crippen molar-refractivity contribution in [3.8, 4) is 11.1 Å². The number of benzene rings is 2. The van der Waals surface area contributed by atoms with E-state index in [1.54, 1.807) is 11.8 Å². The van der Waals surface area contributed by atoms with E-state index in [-0.39, 0.29) is 37.2 Å². The zero-order chi connectivity index (χ0) is 46.8. The first-order valence-electron chi connectivity index (χ1n) is 23.2. The molecule has 2 amide bonds. The molecular weight excluding hydrogens is 835 g/mol. The largest absolute Gasteiger partial charge is 0.458 e. The molecule has 7 rings (SSSR count). The fourth-order valence-corrected chi connectivity index (χ4v) is 11.0. The van der Waals surface area contributed by atoms with E-state index in [9.17, 15) is 19.5 Å². The van der Waals surface area contributed by atoms with Gasteiger partial charge in [0.05, 0.1) is 55.6 Å². The summed E-state index contributed by atoms with van der Waals surface area (Å²) >= 11 is 0. The maximum absolute atomic E-state index is 14.6. The van der Waals surface area contributed by atoms with Gasteiger partial charge in [-0.3, -0.25) is 19.5 Å². The number of aliphatic hydroxyl groups excluding tert-OH is 1. The van der Waals surface area contributed by atoms with E-state index >= 15 is 0 Å². The molecular formula is C49H69N5O11. The first kappa shape index (κ1) is 48.5. The number of carbonyl (C=O) groups excluding carboxylic acids is 3. The van der Waals surface area contributed by atoms with Crippen molar-refractivity contribution < 1.29 is 52.7 Å². The number of esters is 1. The van der Waals surface area contributed by atoms with Crippen LogP contribution in [0.4, 0.5) is 10.5 Å². The van der Waals surface area contributed by atoms with E-state index in [1.807, 2.05) is 108 Å². The average molecular weight is 904 g/mol. The maximum Gasteiger partial charge on any atom is 0.410 e. The van der Waals surface area contributed by atoms with Crippen LogP contribution < -0.4 is 5.32 Å². The molecule has 2 aromatic carbocycles. The molecule has 5 heterocycles. The zero-order valence-corrected chi connectivity index (χ0v) is 39.6. The minimum absolute atomic E-state index is 0.0820. The predicted molar refractivity (Wildman–Crippen MR) is 244 cm³/mol. The lowest BCUT2D eigenvalue weighted by atomic mass is 9.72. The number of para-hydroxylation sites is 1.